The topological polar surface area (TPSA) is 72.9 Å². The Bertz CT molecular complexity index is 721. The van der Waals surface area contributed by atoms with E-state index < -0.39 is 0 Å². The van der Waals surface area contributed by atoms with Gasteiger partial charge in [-0.05, 0) is 37.3 Å². The monoisotopic (exact) mass is 348 g/mol. The molecule has 1 aromatic heterocycles. The number of halogens is 1. The minimum Gasteiger partial charge on any atom is -0.348 e. The molecule has 1 amide bonds. The largest absolute Gasteiger partial charge is 0.348 e. The zero-order valence-corrected chi connectivity index (χ0v) is 15.2. The van der Waals surface area contributed by atoms with E-state index in [1.165, 1.54) is 11.3 Å². The fourth-order valence-corrected chi connectivity index (χ4v) is 3.33. The number of fused-ring (bicyclic) bond motifs is 1. The van der Waals surface area contributed by atoms with Gasteiger partial charge in [-0.15, -0.1) is 12.4 Å². The summed E-state index contributed by atoms with van der Waals surface area (Å²) in [6.07, 6.45) is 3.71. The van der Waals surface area contributed by atoms with Crippen LogP contribution in [-0.4, -0.2) is 22.2 Å². The van der Waals surface area contributed by atoms with Crippen LogP contribution in [0.15, 0.2) is 30.5 Å². The van der Waals surface area contributed by atoms with Gasteiger partial charge in [0, 0.05) is 5.56 Å². The Kier molecular flexibility index (Phi) is 5.35. The van der Waals surface area contributed by atoms with Crippen LogP contribution in [0.1, 0.15) is 43.1 Å². The number of nitrogens with two attached hydrogens (primary N) is 1. The summed E-state index contributed by atoms with van der Waals surface area (Å²) >= 11 is 0. The Balaban J connectivity index is 0.00000208. The quantitative estimate of drug-likeness (QED) is 0.895. The molecule has 0 spiro atoms. The second-order valence-electron chi connectivity index (χ2n) is 7.16. The lowest BCUT2D eigenvalue weighted by atomic mass is 9.74. The maximum atomic E-state index is 11.8. The summed E-state index contributed by atoms with van der Waals surface area (Å²) in [6, 6.07) is 8.31. The van der Waals surface area contributed by atoms with E-state index in [4.69, 9.17) is 5.73 Å². The first-order chi connectivity index (χ1) is 10.9. The molecule has 3 rings (SSSR count). The molecule has 1 unspecified atom stereocenters. The highest BCUT2D eigenvalue weighted by Gasteiger charge is 2.35. The highest BCUT2D eigenvalue weighted by atomic mass is 35.5. The minimum atomic E-state index is -0.123. The standard InChI is InChI=1S/C18H24N4O.ClH/c1-12-4-6-13(7-5-12)22-16-9-18(2,3)8-15(14(16)11-20-22)21-17(23)10-19;/h4-7,11,15H,8-10,19H2,1-3H3,(H,21,23);1H. The van der Waals surface area contributed by atoms with E-state index >= 15 is 0 Å². The molecule has 1 aliphatic carbocycles. The summed E-state index contributed by atoms with van der Waals surface area (Å²) in [5, 5.41) is 7.62. The van der Waals surface area contributed by atoms with Gasteiger partial charge in [0.15, 0.2) is 0 Å². The summed E-state index contributed by atoms with van der Waals surface area (Å²) in [7, 11) is 0. The third-order valence-electron chi connectivity index (χ3n) is 4.48. The molecule has 1 atom stereocenters. The molecule has 6 heteroatoms. The van der Waals surface area contributed by atoms with Crippen molar-refractivity contribution in [2.24, 2.45) is 11.1 Å². The van der Waals surface area contributed by atoms with Crippen LogP contribution < -0.4 is 11.1 Å². The maximum Gasteiger partial charge on any atom is 0.234 e. The molecule has 5 nitrogen and oxygen atoms in total. The molecule has 0 radical (unpaired) electrons. The highest BCUT2D eigenvalue weighted by Crippen LogP contribution is 2.41. The van der Waals surface area contributed by atoms with Crippen LogP contribution in [0, 0.1) is 12.3 Å². The van der Waals surface area contributed by atoms with E-state index in [1.54, 1.807) is 0 Å². The predicted octanol–water partition coefficient (Wildman–Crippen LogP) is 2.69. The summed E-state index contributed by atoms with van der Waals surface area (Å²) in [4.78, 5) is 11.8. The van der Waals surface area contributed by atoms with Gasteiger partial charge in [-0.3, -0.25) is 4.79 Å². The van der Waals surface area contributed by atoms with E-state index in [2.05, 4.69) is 55.5 Å². The first-order valence-corrected chi connectivity index (χ1v) is 8.03. The molecule has 3 N–H and O–H groups in total. The number of carbonyl (C=O) groups excluding carboxylic acids is 1. The zero-order chi connectivity index (χ0) is 16.6. The van der Waals surface area contributed by atoms with Gasteiger partial charge < -0.3 is 11.1 Å². The molecule has 1 aliphatic rings. The number of aryl methyl sites for hydroxylation is 1. The lowest BCUT2D eigenvalue weighted by Crippen LogP contribution is -2.39. The molecule has 0 fully saturated rings. The Hall–Kier alpha value is -1.85. The molecule has 130 valence electrons. The lowest BCUT2D eigenvalue weighted by Gasteiger charge is -2.35. The van der Waals surface area contributed by atoms with Gasteiger partial charge in [0.1, 0.15) is 0 Å². The summed E-state index contributed by atoms with van der Waals surface area (Å²) in [5.41, 5.74) is 10.1. The first-order valence-electron chi connectivity index (χ1n) is 8.03. The number of rotatable bonds is 3. The van der Waals surface area contributed by atoms with Gasteiger partial charge in [-0.1, -0.05) is 31.5 Å². The Morgan fingerprint density at radius 1 is 1.38 bits per heavy atom. The molecule has 0 bridgehead atoms. The lowest BCUT2D eigenvalue weighted by molar-refractivity contribution is -0.120. The fraction of sp³-hybridized carbons (Fsp3) is 0.444. The van der Waals surface area contributed by atoms with E-state index in [1.807, 2.05) is 10.9 Å². The van der Waals surface area contributed by atoms with Gasteiger partial charge in [0.05, 0.1) is 30.2 Å². The third-order valence-corrected chi connectivity index (χ3v) is 4.48. The van der Waals surface area contributed by atoms with Crippen LogP contribution >= 0.6 is 12.4 Å². The Morgan fingerprint density at radius 3 is 2.67 bits per heavy atom. The van der Waals surface area contributed by atoms with Gasteiger partial charge in [-0.2, -0.15) is 5.10 Å². The molecule has 2 aromatic rings. The number of aromatic nitrogens is 2. The second-order valence-corrected chi connectivity index (χ2v) is 7.16. The van der Waals surface area contributed by atoms with Crippen LogP contribution in [-0.2, 0) is 11.2 Å². The van der Waals surface area contributed by atoms with Gasteiger partial charge in [0.25, 0.3) is 0 Å². The number of benzene rings is 1. The molecule has 1 aromatic carbocycles. The summed E-state index contributed by atoms with van der Waals surface area (Å²) in [5.74, 6) is -0.123. The summed E-state index contributed by atoms with van der Waals surface area (Å²) in [6.45, 7) is 6.54. The average Bonchev–Trinajstić information content (AvgIpc) is 2.90. The molecule has 0 saturated carbocycles. The molecular weight excluding hydrogens is 324 g/mol. The number of amides is 1. The van der Waals surface area contributed by atoms with Crippen molar-refractivity contribution in [2.45, 2.75) is 39.7 Å². The van der Waals surface area contributed by atoms with Crippen molar-refractivity contribution in [2.75, 3.05) is 6.54 Å². The molecule has 0 saturated heterocycles. The van der Waals surface area contributed by atoms with Crippen LogP contribution in [0.3, 0.4) is 0 Å². The fourth-order valence-electron chi connectivity index (χ4n) is 3.33. The minimum absolute atomic E-state index is 0. The number of nitrogens with zero attached hydrogens (tertiary/aromatic N) is 2. The van der Waals surface area contributed by atoms with Crippen LogP contribution in [0.25, 0.3) is 5.69 Å². The van der Waals surface area contributed by atoms with Crippen molar-refractivity contribution < 1.29 is 4.79 Å². The van der Waals surface area contributed by atoms with Crippen molar-refractivity contribution in [1.29, 1.82) is 0 Å². The van der Waals surface area contributed by atoms with E-state index in [-0.39, 0.29) is 36.3 Å². The van der Waals surface area contributed by atoms with Gasteiger partial charge in [0.2, 0.25) is 5.91 Å². The maximum absolute atomic E-state index is 11.8. The second kappa shape index (κ2) is 6.95. The smallest absolute Gasteiger partial charge is 0.234 e. The van der Waals surface area contributed by atoms with E-state index in [9.17, 15) is 4.79 Å². The molecular formula is C18H25ClN4O. The SMILES string of the molecule is Cc1ccc(-n2ncc3c2CC(C)(C)CC3NC(=O)CN)cc1.Cl. The van der Waals surface area contributed by atoms with Crippen molar-refractivity contribution >= 4 is 18.3 Å². The first kappa shape index (κ1) is 18.5. The number of nitrogens with one attached hydrogen (secondary N) is 1. The van der Waals surface area contributed by atoms with E-state index in [0.717, 1.165) is 24.1 Å². The predicted molar refractivity (Wildman–Crippen MR) is 97.6 cm³/mol. The van der Waals surface area contributed by atoms with Crippen molar-refractivity contribution in [3.05, 3.63) is 47.3 Å². The molecule has 0 aliphatic heterocycles. The number of carbonyl (C=O) groups is 1. The number of hydrogen-bond acceptors (Lipinski definition) is 3. The highest BCUT2D eigenvalue weighted by molar-refractivity contribution is 5.85. The number of hydrogen-bond donors (Lipinski definition) is 2. The van der Waals surface area contributed by atoms with Crippen LogP contribution in [0.4, 0.5) is 0 Å². The molecule has 1 heterocycles. The normalized spacial score (nSPS) is 18.4. The average molecular weight is 349 g/mol. The van der Waals surface area contributed by atoms with E-state index in [0.29, 0.717) is 0 Å². The summed E-state index contributed by atoms with van der Waals surface area (Å²) < 4.78 is 2.00. The van der Waals surface area contributed by atoms with Crippen molar-refractivity contribution in [1.82, 2.24) is 15.1 Å². The van der Waals surface area contributed by atoms with Crippen molar-refractivity contribution in [3.63, 3.8) is 0 Å². The van der Waals surface area contributed by atoms with Crippen LogP contribution in [0.2, 0.25) is 0 Å². The van der Waals surface area contributed by atoms with Crippen LogP contribution in [0.5, 0.6) is 0 Å². The van der Waals surface area contributed by atoms with Gasteiger partial charge >= 0.3 is 0 Å². The Labute approximate surface area is 149 Å². The third kappa shape index (κ3) is 3.62. The zero-order valence-electron chi connectivity index (χ0n) is 14.4. The molecule has 24 heavy (non-hydrogen) atoms. The van der Waals surface area contributed by atoms with Crippen molar-refractivity contribution in [3.8, 4) is 5.69 Å². The Morgan fingerprint density at radius 2 is 2.04 bits per heavy atom. The van der Waals surface area contributed by atoms with Gasteiger partial charge in [-0.25, -0.2) is 4.68 Å².